The molecule has 26 heavy (non-hydrogen) atoms. The van der Waals surface area contributed by atoms with E-state index >= 15 is 0 Å². The van der Waals surface area contributed by atoms with Gasteiger partial charge in [0.25, 0.3) is 0 Å². The van der Waals surface area contributed by atoms with Gasteiger partial charge in [-0.25, -0.2) is 14.8 Å². The normalized spacial score (nSPS) is 19.3. The second-order valence-electron chi connectivity index (χ2n) is 6.86. The van der Waals surface area contributed by atoms with E-state index in [1.165, 1.54) is 0 Å². The number of nitrogens with one attached hydrogen (secondary N) is 3. The zero-order valence-corrected chi connectivity index (χ0v) is 14.8. The third-order valence-corrected chi connectivity index (χ3v) is 4.37. The Bertz CT molecular complexity index is 861. The Morgan fingerprint density at radius 1 is 1.35 bits per heavy atom. The standard InChI is InChI=1S/C18H22N6O2/c1-10(2)21-17-15-7-16(20-9-11(15)5-14(8-19)23-17)22-12-3-4-13(6-12)24-18(25)26/h5,7,9-10,12-13,24H,3-4,6H2,1-2H3,(H,20,22)(H,21,23)(H,25,26)/t12-,13+/m0/s1. The van der Waals surface area contributed by atoms with Crippen molar-refractivity contribution in [2.45, 2.75) is 51.2 Å². The van der Waals surface area contributed by atoms with Gasteiger partial charge < -0.3 is 21.1 Å². The smallest absolute Gasteiger partial charge is 0.404 e. The first kappa shape index (κ1) is 17.7. The van der Waals surface area contributed by atoms with Crippen molar-refractivity contribution in [2.24, 2.45) is 0 Å². The van der Waals surface area contributed by atoms with E-state index in [1.54, 1.807) is 12.3 Å². The van der Waals surface area contributed by atoms with E-state index < -0.39 is 6.09 Å². The van der Waals surface area contributed by atoms with Gasteiger partial charge in [-0.3, -0.25) is 0 Å². The fraction of sp³-hybridized carbons (Fsp3) is 0.444. The summed E-state index contributed by atoms with van der Waals surface area (Å²) in [6.45, 7) is 4.03. The van der Waals surface area contributed by atoms with Crippen LogP contribution in [0.3, 0.4) is 0 Å². The van der Waals surface area contributed by atoms with E-state index in [0.717, 1.165) is 35.9 Å². The lowest BCUT2D eigenvalue weighted by molar-refractivity contribution is 0.190. The molecule has 2 heterocycles. The zero-order valence-electron chi connectivity index (χ0n) is 14.8. The van der Waals surface area contributed by atoms with Crippen LogP contribution in [0, 0.1) is 11.3 Å². The summed E-state index contributed by atoms with van der Waals surface area (Å²) in [7, 11) is 0. The Balaban J connectivity index is 1.82. The van der Waals surface area contributed by atoms with Gasteiger partial charge in [-0.2, -0.15) is 5.26 Å². The van der Waals surface area contributed by atoms with Crippen LogP contribution in [0.4, 0.5) is 16.4 Å². The third kappa shape index (κ3) is 4.11. The predicted octanol–water partition coefficient (Wildman–Crippen LogP) is 2.92. The Morgan fingerprint density at radius 2 is 2.12 bits per heavy atom. The van der Waals surface area contributed by atoms with Crippen molar-refractivity contribution < 1.29 is 9.90 Å². The Labute approximate surface area is 151 Å². The highest BCUT2D eigenvalue weighted by atomic mass is 16.4. The molecule has 136 valence electrons. The fourth-order valence-corrected chi connectivity index (χ4v) is 3.29. The zero-order chi connectivity index (χ0) is 18.7. The minimum Gasteiger partial charge on any atom is -0.465 e. The van der Waals surface area contributed by atoms with E-state index in [-0.39, 0.29) is 18.1 Å². The molecule has 1 fully saturated rings. The average Bonchev–Trinajstić information content (AvgIpc) is 3.00. The van der Waals surface area contributed by atoms with E-state index in [2.05, 4.69) is 32.0 Å². The molecule has 0 saturated heterocycles. The topological polar surface area (TPSA) is 123 Å². The number of amides is 1. The Kier molecular flexibility index (Phi) is 5.07. The number of carbonyl (C=O) groups is 1. The lowest BCUT2D eigenvalue weighted by Crippen LogP contribution is -2.32. The van der Waals surface area contributed by atoms with E-state index in [0.29, 0.717) is 11.5 Å². The van der Waals surface area contributed by atoms with Crippen molar-refractivity contribution in [1.29, 1.82) is 5.26 Å². The fourth-order valence-electron chi connectivity index (χ4n) is 3.29. The monoisotopic (exact) mass is 354 g/mol. The van der Waals surface area contributed by atoms with Crippen LogP contribution in [0.2, 0.25) is 0 Å². The second kappa shape index (κ2) is 7.44. The van der Waals surface area contributed by atoms with Crippen molar-refractivity contribution in [3.8, 4) is 6.07 Å². The maximum absolute atomic E-state index is 10.8. The minimum atomic E-state index is -0.983. The maximum atomic E-state index is 10.8. The molecule has 0 unspecified atom stereocenters. The summed E-state index contributed by atoms with van der Waals surface area (Å²) in [5.74, 6) is 1.38. The molecular weight excluding hydrogens is 332 g/mol. The van der Waals surface area contributed by atoms with Crippen molar-refractivity contribution in [2.75, 3.05) is 10.6 Å². The summed E-state index contributed by atoms with van der Waals surface area (Å²) in [6, 6.07) is 6.05. The summed E-state index contributed by atoms with van der Waals surface area (Å²) < 4.78 is 0. The average molecular weight is 354 g/mol. The van der Waals surface area contributed by atoms with Crippen molar-refractivity contribution >= 4 is 28.5 Å². The van der Waals surface area contributed by atoms with Crippen molar-refractivity contribution in [3.05, 3.63) is 24.0 Å². The summed E-state index contributed by atoms with van der Waals surface area (Å²) >= 11 is 0. The molecule has 3 rings (SSSR count). The van der Waals surface area contributed by atoms with E-state index in [9.17, 15) is 4.79 Å². The van der Waals surface area contributed by atoms with Gasteiger partial charge in [-0.15, -0.1) is 0 Å². The molecule has 1 aliphatic carbocycles. The number of rotatable bonds is 5. The molecule has 0 spiro atoms. The molecule has 1 aliphatic rings. The highest BCUT2D eigenvalue weighted by molar-refractivity contribution is 5.93. The summed E-state index contributed by atoms with van der Waals surface area (Å²) in [5.41, 5.74) is 0.349. The quantitative estimate of drug-likeness (QED) is 0.651. The Morgan fingerprint density at radius 3 is 2.81 bits per heavy atom. The van der Waals surface area contributed by atoms with E-state index in [1.807, 2.05) is 19.9 Å². The molecular formula is C18H22N6O2. The molecule has 2 aromatic heterocycles. The molecule has 8 nitrogen and oxygen atoms in total. The lowest BCUT2D eigenvalue weighted by Gasteiger charge is -2.16. The van der Waals surface area contributed by atoms with Gasteiger partial charge in [0.15, 0.2) is 0 Å². The molecule has 0 aliphatic heterocycles. The summed E-state index contributed by atoms with van der Waals surface area (Å²) in [4.78, 5) is 19.6. The van der Waals surface area contributed by atoms with Gasteiger partial charge in [-0.05, 0) is 45.2 Å². The number of fused-ring (bicyclic) bond motifs is 1. The molecule has 0 aromatic carbocycles. The number of nitriles is 1. The molecule has 2 atom stereocenters. The molecule has 0 bridgehead atoms. The van der Waals surface area contributed by atoms with Gasteiger partial charge in [0.05, 0.1) is 0 Å². The first-order valence-electron chi connectivity index (χ1n) is 8.68. The summed E-state index contributed by atoms with van der Waals surface area (Å²) in [5, 5.41) is 28.9. The van der Waals surface area contributed by atoms with Crippen LogP contribution < -0.4 is 16.0 Å². The van der Waals surface area contributed by atoms with Gasteiger partial charge in [0.1, 0.15) is 23.4 Å². The van der Waals surface area contributed by atoms with Gasteiger partial charge in [-0.1, -0.05) is 0 Å². The van der Waals surface area contributed by atoms with Gasteiger partial charge in [0, 0.05) is 35.1 Å². The maximum Gasteiger partial charge on any atom is 0.404 e. The van der Waals surface area contributed by atoms with E-state index in [4.69, 9.17) is 10.4 Å². The molecule has 8 heteroatoms. The number of aromatic nitrogens is 2. The van der Waals surface area contributed by atoms with Crippen LogP contribution in [-0.2, 0) is 0 Å². The second-order valence-corrected chi connectivity index (χ2v) is 6.86. The molecule has 1 amide bonds. The molecule has 1 saturated carbocycles. The van der Waals surface area contributed by atoms with Crippen molar-refractivity contribution in [1.82, 2.24) is 15.3 Å². The van der Waals surface area contributed by atoms with Crippen LogP contribution >= 0.6 is 0 Å². The highest BCUT2D eigenvalue weighted by Crippen LogP contribution is 2.27. The Hall–Kier alpha value is -3.08. The number of hydrogen-bond acceptors (Lipinski definition) is 6. The number of carboxylic acid groups (broad SMARTS) is 1. The third-order valence-electron chi connectivity index (χ3n) is 4.37. The largest absolute Gasteiger partial charge is 0.465 e. The summed E-state index contributed by atoms with van der Waals surface area (Å²) in [6.07, 6.45) is 3.17. The van der Waals surface area contributed by atoms with Crippen LogP contribution in [0.15, 0.2) is 18.3 Å². The first-order chi connectivity index (χ1) is 12.4. The first-order valence-corrected chi connectivity index (χ1v) is 8.68. The molecule has 4 N–H and O–H groups in total. The van der Waals surface area contributed by atoms with Gasteiger partial charge in [0.2, 0.25) is 0 Å². The molecule has 0 radical (unpaired) electrons. The predicted molar refractivity (Wildman–Crippen MR) is 99.2 cm³/mol. The minimum absolute atomic E-state index is 0.0246. The SMILES string of the molecule is CC(C)Nc1nc(C#N)cc2cnc(N[C@H]3CC[C@@H](NC(=O)O)C3)cc12. The number of anilines is 2. The number of pyridine rings is 2. The molecule has 2 aromatic rings. The van der Waals surface area contributed by atoms with Crippen LogP contribution in [0.5, 0.6) is 0 Å². The van der Waals surface area contributed by atoms with Crippen LogP contribution in [0.1, 0.15) is 38.8 Å². The number of nitrogens with zero attached hydrogens (tertiary/aromatic N) is 3. The van der Waals surface area contributed by atoms with Crippen LogP contribution in [0.25, 0.3) is 10.8 Å². The van der Waals surface area contributed by atoms with Gasteiger partial charge >= 0.3 is 6.09 Å². The van der Waals surface area contributed by atoms with Crippen LogP contribution in [-0.4, -0.2) is 39.3 Å². The number of hydrogen-bond donors (Lipinski definition) is 4. The lowest BCUT2D eigenvalue weighted by atomic mass is 10.1. The highest BCUT2D eigenvalue weighted by Gasteiger charge is 2.26. The van der Waals surface area contributed by atoms with Crippen molar-refractivity contribution in [3.63, 3.8) is 0 Å².